The molecule has 186 valence electrons. The molecule has 9 nitrogen and oxygen atoms in total. The Morgan fingerprint density at radius 2 is 1.74 bits per heavy atom. The number of nitrogens with one attached hydrogen (secondary N) is 1. The van der Waals surface area contributed by atoms with Crippen molar-refractivity contribution in [3.63, 3.8) is 0 Å². The van der Waals surface area contributed by atoms with Gasteiger partial charge in [0.1, 0.15) is 35.0 Å². The van der Waals surface area contributed by atoms with Crippen molar-refractivity contribution in [1.29, 1.82) is 0 Å². The summed E-state index contributed by atoms with van der Waals surface area (Å²) in [5, 5.41) is 1.05. The summed E-state index contributed by atoms with van der Waals surface area (Å²) in [6.07, 6.45) is -0.993. The van der Waals surface area contributed by atoms with Crippen LogP contribution in [0.4, 0.5) is 4.39 Å². The third-order valence-corrected chi connectivity index (χ3v) is 9.13. The molecule has 0 radical (unpaired) electrons. The maximum absolute atomic E-state index is 13.3. The van der Waals surface area contributed by atoms with E-state index in [1.165, 1.54) is 45.0 Å². The van der Waals surface area contributed by atoms with Crippen molar-refractivity contribution in [2.24, 2.45) is 0 Å². The second-order valence-electron chi connectivity index (χ2n) is 8.98. The lowest BCUT2D eigenvalue weighted by molar-refractivity contribution is -0.165. The van der Waals surface area contributed by atoms with Crippen LogP contribution in [0.1, 0.15) is 26.3 Å². The Labute approximate surface area is 202 Å². The van der Waals surface area contributed by atoms with E-state index < -0.39 is 61.7 Å². The summed E-state index contributed by atoms with van der Waals surface area (Å²) in [5.41, 5.74) is 0.502. The zero-order valence-electron chi connectivity index (χ0n) is 19.3. The number of benzene rings is 2. The van der Waals surface area contributed by atoms with E-state index in [4.69, 9.17) is 9.47 Å². The van der Waals surface area contributed by atoms with Crippen LogP contribution in [-0.4, -0.2) is 59.4 Å². The molecule has 1 unspecified atom stereocenters. The number of sulfone groups is 1. The fourth-order valence-electron chi connectivity index (χ4n) is 4.26. The topological polar surface area (TPSA) is 119 Å². The van der Waals surface area contributed by atoms with Crippen molar-refractivity contribution in [2.75, 3.05) is 0 Å². The average Bonchev–Trinajstić information content (AvgIpc) is 2.96. The summed E-state index contributed by atoms with van der Waals surface area (Å²) in [6, 6.07) is 11.1. The van der Waals surface area contributed by atoms with E-state index in [9.17, 15) is 27.2 Å². The van der Waals surface area contributed by atoms with E-state index in [0.717, 1.165) is 4.90 Å². The second-order valence-corrected chi connectivity index (χ2v) is 11.6. The summed E-state index contributed by atoms with van der Waals surface area (Å²) in [5.74, 6) is -2.27. The van der Waals surface area contributed by atoms with E-state index in [-0.39, 0.29) is 6.61 Å². The number of para-hydroxylation sites is 1. The van der Waals surface area contributed by atoms with Crippen LogP contribution in [0.15, 0.2) is 54.6 Å². The van der Waals surface area contributed by atoms with Crippen molar-refractivity contribution >= 4 is 27.6 Å². The molecule has 2 amide bonds. The molecule has 35 heavy (non-hydrogen) atoms. The zero-order valence-corrected chi connectivity index (χ0v) is 20.1. The molecular formula is C24H25FN2O7S. The first kappa shape index (κ1) is 24.6. The lowest BCUT2D eigenvalue weighted by Crippen LogP contribution is -2.72. The molecule has 4 rings (SSSR count). The minimum absolute atomic E-state index is 0.215. The first-order chi connectivity index (χ1) is 16.4. The van der Waals surface area contributed by atoms with Crippen LogP contribution in [0.5, 0.6) is 5.75 Å². The quantitative estimate of drug-likeness (QED) is 0.449. The highest BCUT2D eigenvalue weighted by Crippen LogP contribution is 2.46. The van der Waals surface area contributed by atoms with Crippen LogP contribution < -0.4 is 10.1 Å². The Hall–Kier alpha value is -3.47. The van der Waals surface area contributed by atoms with Gasteiger partial charge in [-0.1, -0.05) is 30.3 Å². The summed E-state index contributed by atoms with van der Waals surface area (Å²) >= 11 is 0. The molecule has 0 saturated carbocycles. The Balaban J connectivity index is 1.47. The molecule has 2 fully saturated rings. The number of carbonyl (C=O) groups excluding carboxylic acids is 3. The summed E-state index contributed by atoms with van der Waals surface area (Å²) in [4.78, 5) is 39.4. The minimum atomic E-state index is -4.06. The van der Waals surface area contributed by atoms with Gasteiger partial charge in [-0.15, -0.1) is 0 Å². The molecule has 2 saturated heterocycles. The normalized spacial score (nSPS) is 24.6. The molecule has 11 heteroatoms. The van der Waals surface area contributed by atoms with Gasteiger partial charge in [0.25, 0.3) is 5.91 Å². The Morgan fingerprint density at radius 3 is 2.37 bits per heavy atom. The number of β-lactam (4-membered cyclic amide) rings is 1. The summed E-state index contributed by atoms with van der Waals surface area (Å²) in [6.45, 7) is 3.95. The molecule has 2 aliphatic rings. The molecule has 2 aromatic carbocycles. The molecule has 0 aromatic heterocycles. The lowest BCUT2D eigenvalue weighted by Gasteiger charge is -2.43. The largest absolute Gasteiger partial charge is 0.481 e. The Bertz CT molecular complexity index is 1250. The van der Waals surface area contributed by atoms with E-state index in [0.29, 0.717) is 11.3 Å². The molecule has 2 aliphatic heterocycles. The van der Waals surface area contributed by atoms with Gasteiger partial charge in [-0.25, -0.2) is 17.6 Å². The van der Waals surface area contributed by atoms with E-state index in [1.54, 1.807) is 30.3 Å². The van der Waals surface area contributed by atoms with Crippen molar-refractivity contribution in [2.45, 2.75) is 55.7 Å². The van der Waals surface area contributed by atoms with Gasteiger partial charge in [-0.2, -0.15) is 0 Å². The van der Waals surface area contributed by atoms with Gasteiger partial charge in [-0.05, 0) is 50.6 Å². The molecule has 0 aliphatic carbocycles. The van der Waals surface area contributed by atoms with E-state index >= 15 is 0 Å². The fourth-order valence-corrected chi connectivity index (χ4v) is 6.47. The molecule has 0 bridgehead atoms. The third-order valence-electron chi connectivity index (χ3n) is 6.31. The molecule has 0 spiro atoms. The van der Waals surface area contributed by atoms with Crippen LogP contribution in [0.25, 0.3) is 0 Å². The Morgan fingerprint density at radius 1 is 1.11 bits per heavy atom. The number of nitrogens with zero attached hydrogens (tertiary/aromatic N) is 1. The monoisotopic (exact) mass is 504 g/mol. The fraction of sp³-hybridized carbons (Fsp3) is 0.375. The molecule has 4 atom stereocenters. The second kappa shape index (κ2) is 8.95. The average molecular weight is 505 g/mol. The van der Waals surface area contributed by atoms with Gasteiger partial charge in [0.05, 0.1) is 0 Å². The van der Waals surface area contributed by atoms with Crippen LogP contribution in [0, 0.1) is 5.82 Å². The van der Waals surface area contributed by atoms with Crippen LogP contribution in [0.2, 0.25) is 0 Å². The number of hydrogen-bond acceptors (Lipinski definition) is 7. The molecular weight excluding hydrogens is 479 g/mol. The molecule has 2 aromatic rings. The minimum Gasteiger partial charge on any atom is -0.481 e. The molecule has 1 N–H and O–H groups in total. The SMILES string of the molecule is CC(Oc1ccccc1)C(=O)N[C@@H]1C(=O)N2[C@@H](C(=O)OCc3ccc(F)cc3)C(C)(C)S(=O)(=O)[C@H]12. The van der Waals surface area contributed by atoms with Gasteiger partial charge >= 0.3 is 5.97 Å². The third kappa shape index (κ3) is 4.24. The van der Waals surface area contributed by atoms with Crippen LogP contribution in [-0.2, 0) is 35.6 Å². The number of fused-ring (bicyclic) bond motifs is 1. The maximum Gasteiger partial charge on any atom is 0.330 e. The van der Waals surface area contributed by atoms with Crippen LogP contribution in [0.3, 0.4) is 0 Å². The first-order valence-corrected chi connectivity index (χ1v) is 12.5. The highest BCUT2D eigenvalue weighted by atomic mass is 32.2. The van der Waals surface area contributed by atoms with Crippen molar-refractivity contribution in [3.8, 4) is 5.75 Å². The number of carbonyl (C=O) groups is 3. The van der Waals surface area contributed by atoms with Gasteiger partial charge in [-0.3, -0.25) is 9.59 Å². The van der Waals surface area contributed by atoms with Gasteiger partial charge in [0, 0.05) is 0 Å². The predicted octanol–water partition coefficient (Wildman–Crippen LogP) is 1.57. The van der Waals surface area contributed by atoms with Crippen molar-refractivity contribution < 1.29 is 36.7 Å². The van der Waals surface area contributed by atoms with E-state index in [2.05, 4.69) is 5.32 Å². The number of ether oxygens (including phenoxy) is 2. The van der Waals surface area contributed by atoms with Gasteiger partial charge < -0.3 is 19.7 Å². The smallest absolute Gasteiger partial charge is 0.330 e. The van der Waals surface area contributed by atoms with Gasteiger partial charge in [0.15, 0.2) is 21.3 Å². The Kier molecular flexibility index (Phi) is 6.31. The zero-order chi connectivity index (χ0) is 25.5. The van der Waals surface area contributed by atoms with E-state index in [1.807, 2.05) is 0 Å². The highest BCUT2D eigenvalue weighted by molar-refractivity contribution is 7.94. The molecule has 2 heterocycles. The number of hydrogen-bond donors (Lipinski definition) is 1. The lowest BCUT2D eigenvalue weighted by atomic mass is 9.96. The van der Waals surface area contributed by atoms with Gasteiger partial charge in [0.2, 0.25) is 5.91 Å². The number of esters is 1. The number of rotatable bonds is 7. The highest BCUT2D eigenvalue weighted by Gasteiger charge is 2.72. The predicted molar refractivity (Wildman–Crippen MR) is 122 cm³/mol. The number of halogens is 1. The first-order valence-electron chi connectivity index (χ1n) is 10.9. The summed E-state index contributed by atoms with van der Waals surface area (Å²) < 4.78 is 48.8. The van der Waals surface area contributed by atoms with Crippen molar-refractivity contribution in [1.82, 2.24) is 10.2 Å². The van der Waals surface area contributed by atoms with Crippen LogP contribution >= 0.6 is 0 Å². The summed E-state index contributed by atoms with van der Waals surface area (Å²) in [7, 11) is -4.06. The van der Waals surface area contributed by atoms with Crippen molar-refractivity contribution in [3.05, 3.63) is 66.0 Å². The maximum atomic E-state index is 13.3. The number of amides is 2. The standard InChI is InChI=1S/C24H25FN2O7S/c1-14(34-17-7-5-4-6-8-17)20(28)26-18-21(29)27-19(24(2,3)35(31,32)22(18)27)23(30)33-13-15-9-11-16(25)12-10-15/h4-12,14,18-19,22H,13H2,1-3H3,(H,26,28)/t14?,18-,19+,22-/m1/s1.